The van der Waals surface area contributed by atoms with Gasteiger partial charge in [0.1, 0.15) is 28.7 Å². The molecule has 0 saturated carbocycles. The van der Waals surface area contributed by atoms with Crippen LogP contribution in [0.5, 0.6) is 28.7 Å². The van der Waals surface area contributed by atoms with Crippen molar-refractivity contribution in [1.82, 2.24) is 19.7 Å². The minimum absolute atomic E-state index is 0. The van der Waals surface area contributed by atoms with E-state index in [0.717, 1.165) is 118 Å². The van der Waals surface area contributed by atoms with Crippen molar-refractivity contribution in [2.75, 3.05) is 154 Å². The SMILES string of the molecule is BrCCOCCBr.C.CN1CCN(C(N)=S)CC1.CN1CCN(c2nc(C3(c4ccc(OC(F)(F)F)cc4)CCOCC3)cs2)CC1.N#CC1(c2ccc(OC(F)(F)F)cc2)CCOCC1.N#CCc1ccc(OC(F)(F)F)cc1.O=C(CCl)C1(c2ccc(OC(F)(F)F)cc2)CCOCC1.O=C(O)C1(c2ccc(OC(F)(F)F)cc2)CCOCC1.[H-].[K+].[Na+].[OH-]. The number of ether oxygens (including phenoxy) is 10. The van der Waals surface area contributed by atoms with E-state index in [9.17, 15) is 85.8 Å². The van der Waals surface area contributed by atoms with Gasteiger partial charge >= 0.3 is 119 Å². The summed E-state index contributed by atoms with van der Waals surface area (Å²) in [4.78, 5) is 37.6. The Morgan fingerprint density at radius 2 is 0.863 bits per heavy atom. The average molecular weight is 2000 g/mol. The number of nitrogens with two attached hydrogens (primary N) is 1. The number of benzene rings is 5. The fourth-order valence-electron chi connectivity index (χ4n) is 13.2. The molecule has 0 amide bonds. The molecule has 1 aromatic heterocycles. The van der Waals surface area contributed by atoms with Crippen molar-refractivity contribution in [3.8, 4) is 40.9 Å². The number of likely N-dealkylation sites (N-methyl/N-ethyl adjacent to an activating group) is 2. The average Bonchev–Trinajstić information content (AvgIpc) is 1.73. The van der Waals surface area contributed by atoms with Gasteiger partial charge in [0.05, 0.1) is 59.6 Å². The van der Waals surface area contributed by atoms with Crippen LogP contribution in [0.4, 0.5) is 71.0 Å². The molecule has 22 nitrogen and oxygen atoms in total. The third-order valence-electron chi connectivity index (χ3n) is 19.7. The second-order valence-electron chi connectivity index (χ2n) is 27.5. The number of carboxylic acid groups (broad SMARTS) is 1. The number of piperazine rings is 2. The van der Waals surface area contributed by atoms with Crippen LogP contribution in [0.15, 0.2) is 127 Å². The summed E-state index contributed by atoms with van der Waals surface area (Å²) in [6, 6.07) is 31.4. The standard InChI is InChI=1S/C20H24F3N3O2S.C14H14ClF3O3.C13H12F3NO2.C13H13F3O4.C9H6F3NO.C6H13N3S.C4H8Br2O.CH4.K.Na.H2O.H/c1-25-8-10-26(11-9-25)18-24-17(14-29-18)19(6-12-27-13-7-19)15-2-4-16(5-3-15)28-20(21,22)23;15-9-12(19)13(5-7-20-8-6-13)10-1-3-11(4-2-10)21-14(16,17)18;14-13(15,16)19-11-3-1-10(2-4-11)12(9-17)5-7-18-8-6-12;14-13(15,16)20-10-3-1-9(2-4-10)12(11(17)18)5-7-19-8-6-12;10-9(11,12)14-8-3-1-7(2-4-8)5-6-13;1-8-2-4-9(5-3-8)6(7)10;5-1-3-7-4-2-6;;;;;/h2-5,14H,6-13H2,1H3;1-4H,5-9H2;1-4H,5-8H2;1-4H,5-8H2,(H,17,18);1-4H,5H2;2-5H2,1H3,(H2,7,10);1-4H2;1H4;;;1H2;/q;;;;;;;;2*+1;;-1/p-1. The molecule has 6 saturated heterocycles. The minimum atomic E-state index is -4.76. The predicted molar refractivity (Wildman–Crippen MR) is 436 cm³/mol. The zero-order valence-corrected chi connectivity index (χ0v) is 78.1. The number of hydrogen-bond donors (Lipinski definition) is 2. The Hall–Kier alpha value is -5.14. The molecule has 680 valence electrons. The van der Waals surface area contributed by atoms with Crippen molar-refractivity contribution in [3.63, 3.8) is 0 Å². The summed E-state index contributed by atoms with van der Waals surface area (Å²) in [5, 5.41) is 32.6. The third-order valence-corrected chi connectivity index (χ3v) is 21.7. The Morgan fingerprint density at radius 3 is 1.19 bits per heavy atom. The first kappa shape index (κ1) is 115. The fourth-order valence-corrected chi connectivity index (χ4v) is 15.1. The van der Waals surface area contributed by atoms with E-state index in [1.807, 2.05) is 11.0 Å². The molecule has 4 N–H and O–H groups in total. The molecule has 6 fully saturated rings. The molecule has 0 spiro atoms. The van der Waals surface area contributed by atoms with E-state index in [2.05, 4.69) is 95.8 Å². The molecule has 5 aromatic carbocycles. The number of thiazole rings is 1. The number of thiocarbonyl (C=S) groups is 1. The van der Waals surface area contributed by atoms with E-state index in [1.54, 1.807) is 23.5 Å². The maximum Gasteiger partial charge on any atom is 1.00 e. The molecule has 0 bridgehead atoms. The summed E-state index contributed by atoms with van der Waals surface area (Å²) < 4.78 is 227. The number of nitrogens with zero attached hydrogens (tertiary/aromatic N) is 7. The van der Waals surface area contributed by atoms with Crippen LogP contribution in [0.1, 0.15) is 93.7 Å². The van der Waals surface area contributed by atoms with Crippen LogP contribution in [0.2, 0.25) is 0 Å². The Bertz CT molecular complexity index is 4160. The van der Waals surface area contributed by atoms with E-state index in [0.29, 0.717) is 119 Å². The minimum Gasteiger partial charge on any atom is -1.00 e. The number of aliphatic carboxylic acids is 1. The molecule has 0 radical (unpaired) electrons. The number of Topliss-reactive ketones (excluding diaryl/α,β-unsaturated/α-hetero) is 1. The molecule has 124 heavy (non-hydrogen) atoms. The van der Waals surface area contributed by atoms with Crippen molar-refractivity contribution in [2.45, 2.75) is 119 Å². The van der Waals surface area contributed by atoms with Gasteiger partial charge in [0.15, 0.2) is 16.0 Å². The molecule has 6 aliphatic heterocycles. The number of nitriles is 2. The van der Waals surface area contributed by atoms with Crippen LogP contribution >= 0.6 is 67.0 Å². The topological polar surface area (TPSA) is 276 Å². The summed E-state index contributed by atoms with van der Waals surface area (Å²) in [6.45, 7) is 13.2. The van der Waals surface area contributed by atoms with Gasteiger partial charge in [0, 0.05) is 127 Å². The molecular formula is C80H96Br2ClF15KN8NaO14S2. The summed E-state index contributed by atoms with van der Waals surface area (Å²) >= 11 is 18.6. The number of aromatic nitrogens is 1. The van der Waals surface area contributed by atoms with Gasteiger partial charge in [0.2, 0.25) is 0 Å². The number of rotatable bonds is 19. The number of alkyl halides is 18. The summed E-state index contributed by atoms with van der Waals surface area (Å²) in [7, 11) is 4.23. The molecule has 12 rings (SSSR count). The molecule has 44 heteroatoms. The predicted octanol–water partition coefficient (Wildman–Crippen LogP) is 11.7. The quantitative estimate of drug-likeness (QED) is 0.0251. The molecule has 6 aliphatic rings. The Balaban J connectivity index is 0.000000748. The van der Waals surface area contributed by atoms with Gasteiger partial charge < -0.3 is 84.7 Å². The van der Waals surface area contributed by atoms with E-state index in [-0.39, 0.29) is 148 Å². The maximum absolute atomic E-state index is 12.5. The normalized spacial score (nSPS) is 17.2. The zero-order chi connectivity index (χ0) is 88.4. The summed E-state index contributed by atoms with van der Waals surface area (Å²) in [5.41, 5.74) is 6.93. The largest absolute Gasteiger partial charge is 1.00 e. The molecule has 7 heterocycles. The number of carbonyl (C=O) groups excluding carboxylic acids is 1. The first-order chi connectivity index (χ1) is 56.6. The number of carboxylic acids is 1. The van der Waals surface area contributed by atoms with Crippen molar-refractivity contribution in [2.24, 2.45) is 5.73 Å². The molecule has 6 aromatic rings. The summed E-state index contributed by atoms with van der Waals surface area (Å²) in [5.74, 6) is -2.72. The van der Waals surface area contributed by atoms with E-state index >= 15 is 0 Å². The van der Waals surface area contributed by atoms with Crippen LogP contribution < -0.4 is 115 Å². The third kappa shape index (κ3) is 38.9. The van der Waals surface area contributed by atoms with Crippen molar-refractivity contribution < 1.29 is 216 Å². The van der Waals surface area contributed by atoms with Gasteiger partial charge in [-0.2, -0.15) is 10.5 Å². The Morgan fingerprint density at radius 1 is 0.540 bits per heavy atom. The van der Waals surface area contributed by atoms with Crippen LogP contribution in [0, 0.1) is 22.7 Å². The van der Waals surface area contributed by atoms with Gasteiger partial charge in [-0.1, -0.05) is 100.0 Å². The van der Waals surface area contributed by atoms with Crippen molar-refractivity contribution >= 4 is 89.0 Å². The second-order valence-corrected chi connectivity index (χ2v) is 30.6. The van der Waals surface area contributed by atoms with Crippen molar-refractivity contribution in [1.29, 1.82) is 10.5 Å². The van der Waals surface area contributed by atoms with Gasteiger partial charge in [-0.25, -0.2) is 4.98 Å². The van der Waals surface area contributed by atoms with Crippen LogP contribution in [-0.2, 0) is 61.4 Å². The number of carbonyl (C=O) groups is 2. The second kappa shape index (κ2) is 55.1. The Labute approximate surface area is 806 Å². The van der Waals surface area contributed by atoms with Crippen LogP contribution in [0.25, 0.3) is 0 Å². The number of ketones is 1. The van der Waals surface area contributed by atoms with Gasteiger partial charge in [-0.3, -0.25) is 9.59 Å². The number of anilines is 1. The molecule has 0 unspecified atom stereocenters. The summed E-state index contributed by atoms with van der Waals surface area (Å²) in [6.07, 6.45) is -19.3. The van der Waals surface area contributed by atoms with Gasteiger partial charge in [-0.05, 0) is 166 Å². The molecule has 0 aliphatic carbocycles. The van der Waals surface area contributed by atoms with E-state index < -0.39 is 54.0 Å². The fraction of sp³-hybridized carbons (Fsp3) is 0.525. The van der Waals surface area contributed by atoms with Gasteiger partial charge in [-0.15, -0.1) is 88.8 Å². The van der Waals surface area contributed by atoms with E-state index in [1.165, 1.54) is 97.1 Å². The van der Waals surface area contributed by atoms with Crippen LogP contribution in [0.3, 0.4) is 0 Å². The van der Waals surface area contributed by atoms with Gasteiger partial charge in [0.25, 0.3) is 0 Å². The van der Waals surface area contributed by atoms with E-state index in [4.69, 9.17) is 63.5 Å². The number of hydrogen-bond acceptors (Lipinski definition) is 21. The Kier molecular flexibility index (Phi) is 51.1. The van der Waals surface area contributed by atoms with Crippen LogP contribution in [-0.4, -0.2) is 228 Å². The molecular weight excluding hydrogens is 1900 g/mol. The first-order valence-electron chi connectivity index (χ1n) is 37.2. The smallest absolute Gasteiger partial charge is 1.00 e. The van der Waals surface area contributed by atoms with Crippen molar-refractivity contribution in [3.05, 3.63) is 160 Å². The monoisotopic (exact) mass is 2000 g/mol. The number of halogens is 18. The first-order valence-corrected chi connectivity index (χ1v) is 41.2. The zero-order valence-electron chi connectivity index (χ0n) is 68.5. The maximum atomic E-state index is 12.5. The molecule has 0 atom stereocenters.